The van der Waals surface area contributed by atoms with Gasteiger partial charge in [0.1, 0.15) is 0 Å². The van der Waals surface area contributed by atoms with Gasteiger partial charge in [0.2, 0.25) is 5.88 Å². The molecule has 0 aliphatic carbocycles. The van der Waals surface area contributed by atoms with Gasteiger partial charge in [0.25, 0.3) is 0 Å². The largest absolute Gasteiger partial charge is 0.481 e. The number of guanidine groups is 1. The molecule has 0 radical (unpaired) electrons. The number of pyridine rings is 1. The minimum atomic E-state index is -3.16. The van der Waals surface area contributed by atoms with Crippen LogP contribution >= 0.6 is 0 Å². The lowest BCUT2D eigenvalue weighted by atomic mass is 10.1. The second kappa shape index (κ2) is 9.91. The van der Waals surface area contributed by atoms with Crippen LogP contribution < -0.4 is 15.4 Å². The summed E-state index contributed by atoms with van der Waals surface area (Å²) in [4.78, 5) is 9.07. The minimum Gasteiger partial charge on any atom is -0.481 e. The lowest BCUT2D eigenvalue weighted by Crippen LogP contribution is -2.38. The Kier molecular flexibility index (Phi) is 7.60. The average Bonchev–Trinajstić information content (AvgIpc) is 2.66. The Bertz CT molecular complexity index is 865. The molecule has 7 nitrogen and oxygen atoms in total. The molecule has 0 saturated heterocycles. The lowest BCUT2D eigenvalue weighted by molar-refractivity contribution is 0.392. The van der Waals surface area contributed by atoms with E-state index in [9.17, 15) is 8.42 Å². The molecule has 0 aliphatic rings. The van der Waals surface area contributed by atoms with Gasteiger partial charge in [-0.3, -0.25) is 0 Å². The van der Waals surface area contributed by atoms with Gasteiger partial charge >= 0.3 is 0 Å². The van der Waals surface area contributed by atoms with Crippen LogP contribution in [0.4, 0.5) is 0 Å². The van der Waals surface area contributed by atoms with Gasteiger partial charge in [-0.25, -0.2) is 18.4 Å². The van der Waals surface area contributed by atoms with E-state index in [4.69, 9.17) is 4.74 Å². The minimum absolute atomic E-state index is 0.333. The van der Waals surface area contributed by atoms with Crippen molar-refractivity contribution in [3.63, 3.8) is 0 Å². The number of methoxy groups -OCH3 is 1. The fourth-order valence-corrected chi connectivity index (χ4v) is 3.09. The zero-order valence-electron chi connectivity index (χ0n) is 15.9. The molecule has 0 bridgehead atoms. The molecule has 27 heavy (non-hydrogen) atoms. The van der Waals surface area contributed by atoms with Crippen molar-refractivity contribution in [1.82, 2.24) is 15.6 Å². The quantitative estimate of drug-likeness (QED) is 0.527. The maximum atomic E-state index is 11.5. The van der Waals surface area contributed by atoms with Gasteiger partial charge in [-0.1, -0.05) is 18.2 Å². The molecule has 0 unspecified atom stereocenters. The van der Waals surface area contributed by atoms with Crippen LogP contribution in [0.3, 0.4) is 0 Å². The summed E-state index contributed by atoms with van der Waals surface area (Å²) in [6.07, 6.45) is 3.65. The topological polar surface area (TPSA) is 92.7 Å². The van der Waals surface area contributed by atoms with Crippen molar-refractivity contribution < 1.29 is 13.2 Å². The Hall–Kier alpha value is -2.61. The zero-order chi connectivity index (χ0) is 19.7. The van der Waals surface area contributed by atoms with Crippen molar-refractivity contribution in [3.05, 3.63) is 53.7 Å². The van der Waals surface area contributed by atoms with E-state index in [0.717, 1.165) is 24.1 Å². The van der Waals surface area contributed by atoms with Crippen LogP contribution in [0.2, 0.25) is 0 Å². The molecule has 146 valence electrons. The summed E-state index contributed by atoms with van der Waals surface area (Å²) in [6.45, 7) is 3.88. The van der Waals surface area contributed by atoms with Gasteiger partial charge < -0.3 is 15.4 Å². The Labute approximate surface area is 160 Å². The van der Waals surface area contributed by atoms with E-state index in [1.165, 1.54) is 6.26 Å². The number of aromatic nitrogens is 1. The summed E-state index contributed by atoms with van der Waals surface area (Å²) in [5.74, 6) is 1.28. The maximum absolute atomic E-state index is 11.5. The molecule has 1 heterocycles. The number of hydrogen-bond donors (Lipinski definition) is 2. The monoisotopic (exact) mass is 390 g/mol. The molecule has 0 fully saturated rings. The van der Waals surface area contributed by atoms with Crippen molar-refractivity contribution in [1.29, 1.82) is 0 Å². The molecule has 1 aromatic carbocycles. The van der Waals surface area contributed by atoms with Crippen molar-refractivity contribution in [2.45, 2.75) is 24.8 Å². The molecule has 2 rings (SSSR count). The number of nitrogens with zero attached hydrogens (tertiary/aromatic N) is 2. The third-order valence-corrected chi connectivity index (χ3v) is 4.98. The maximum Gasteiger partial charge on any atom is 0.218 e. The molecule has 2 aromatic rings. The Morgan fingerprint density at radius 1 is 1.19 bits per heavy atom. The standard InChI is InChI=1S/C19H26N4O3S/c1-4-20-19(23-14-16-6-5-12-21-18(16)26-2)22-13-11-15-7-9-17(10-8-15)27(3,24)25/h5-10,12H,4,11,13-14H2,1-3H3,(H2,20,22,23). The molecule has 0 amide bonds. The van der Waals surface area contributed by atoms with Gasteiger partial charge in [0.15, 0.2) is 15.8 Å². The van der Waals surface area contributed by atoms with E-state index in [1.54, 1.807) is 25.4 Å². The number of aliphatic imine (C=N–C) groups is 1. The van der Waals surface area contributed by atoms with Gasteiger partial charge in [0, 0.05) is 31.1 Å². The lowest BCUT2D eigenvalue weighted by Gasteiger charge is -2.12. The first-order valence-corrected chi connectivity index (χ1v) is 10.6. The Balaban J connectivity index is 1.94. The Morgan fingerprint density at radius 2 is 1.93 bits per heavy atom. The molecule has 8 heteroatoms. The van der Waals surface area contributed by atoms with Crippen LogP contribution in [0.1, 0.15) is 18.1 Å². The van der Waals surface area contributed by atoms with Crippen molar-refractivity contribution in [3.8, 4) is 5.88 Å². The third kappa shape index (κ3) is 6.56. The number of hydrogen-bond acceptors (Lipinski definition) is 5. The third-order valence-electron chi connectivity index (χ3n) is 3.85. The second-order valence-corrected chi connectivity index (χ2v) is 7.98. The number of benzene rings is 1. The molecule has 1 aromatic heterocycles. The fourth-order valence-electron chi connectivity index (χ4n) is 2.46. The number of rotatable bonds is 8. The van der Waals surface area contributed by atoms with Crippen LogP contribution in [0.25, 0.3) is 0 Å². The molecular weight excluding hydrogens is 364 g/mol. The van der Waals surface area contributed by atoms with Crippen molar-refractivity contribution in [2.75, 3.05) is 26.5 Å². The zero-order valence-corrected chi connectivity index (χ0v) is 16.7. The van der Waals surface area contributed by atoms with E-state index in [-0.39, 0.29) is 0 Å². The molecule has 0 spiro atoms. The summed E-state index contributed by atoms with van der Waals surface area (Å²) in [5.41, 5.74) is 1.97. The highest BCUT2D eigenvalue weighted by molar-refractivity contribution is 7.90. The highest BCUT2D eigenvalue weighted by Gasteiger charge is 2.06. The smallest absolute Gasteiger partial charge is 0.218 e. The van der Waals surface area contributed by atoms with Crippen LogP contribution in [-0.4, -0.2) is 45.8 Å². The van der Waals surface area contributed by atoms with Crippen molar-refractivity contribution in [2.24, 2.45) is 4.99 Å². The predicted molar refractivity (Wildman–Crippen MR) is 107 cm³/mol. The van der Waals surface area contributed by atoms with Crippen LogP contribution in [0.15, 0.2) is 52.5 Å². The van der Waals surface area contributed by atoms with E-state index < -0.39 is 9.84 Å². The number of nitrogens with one attached hydrogen (secondary N) is 2. The highest BCUT2D eigenvalue weighted by atomic mass is 32.2. The number of ether oxygens (including phenoxy) is 1. The summed E-state index contributed by atoms with van der Waals surface area (Å²) in [5, 5.41) is 6.49. The average molecular weight is 391 g/mol. The molecule has 2 N–H and O–H groups in total. The summed E-state index contributed by atoms with van der Waals surface area (Å²) in [6, 6.07) is 10.7. The Morgan fingerprint density at radius 3 is 2.56 bits per heavy atom. The molecule has 0 atom stereocenters. The van der Waals surface area contributed by atoms with E-state index in [1.807, 2.05) is 31.2 Å². The first-order valence-electron chi connectivity index (χ1n) is 8.73. The molecular formula is C19H26N4O3S. The fraction of sp³-hybridized carbons (Fsp3) is 0.368. The van der Waals surface area contributed by atoms with Crippen LogP contribution in [0, 0.1) is 0 Å². The van der Waals surface area contributed by atoms with Gasteiger partial charge in [0.05, 0.1) is 18.6 Å². The SMILES string of the molecule is CCNC(=NCc1cccnc1OC)NCCc1ccc(S(C)(=O)=O)cc1. The van der Waals surface area contributed by atoms with Crippen LogP contribution in [0.5, 0.6) is 5.88 Å². The second-order valence-electron chi connectivity index (χ2n) is 5.96. The molecule has 0 aliphatic heterocycles. The van der Waals surface area contributed by atoms with E-state index >= 15 is 0 Å². The highest BCUT2D eigenvalue weighted by Crippen LogP contribution is 2.14. The van der Waals surface area contributed by atoms with Crippen LogP contribution in [-0.2, 0) is 22.8 Å². The number of sulfone groups is 1. The normalized spacial score (nSPS) is 11.9. The first-order chi connectivity index (χ1) is 12.9. The summed E-state index contributed by atoms with van der Waals surface area (Å²) < 4.78 is 28.3. The molecule has 0 saturated carbocycles. The predicted octanol–water partition coefficient (Wildman–Crippen LogP) is 1.79. The van der Waals surface area contributed by atoms with Crippen molar-refractivity contribution >= 4 is 15.8 Å². The summed E-state index contributed by atoms with van der Waals surface area (Å²) >= 11 is 0. The van der Waals surface area contributed by atoms with Gasteiger partial charge in [-0.2, -0.15) is 0 Å². The van der Waals surface area contributed by atoms with Gasteiger partial charge in [-0.05, 0) is 37.1 Å². The first kappa shape index (κ1) is 20.7. The summed E-state index contributed by atoms with van der Waals surface area (Å²) in [7, 11) is -1.57. The van der Waals surface area contributed by atoms with E-state index in [0.29, 0.717) is 29.8 Å². The van der Waals surface area contributed by atoms with E-state index in [2.05, 4.69) is 20.6 Å². The van der Waals surface area contributed by atoms with Gasteiger partial charge in [-0.15, -0.1) is 0 Å².